The smallest absolute Gasteiger partial charge is 0.220 e. The summed E-state index contributed by atoms with van der Waals surface area (Å²) in [6.45, 7) is 2.27. The predicted molar refractivity (Wildman–Crippen MR) is 93.5 cm³/mol. The molecule has 2 fully saturated rings. The van der Waals surface area contributed by atoms with Gasteiger partial charge in [0.2, 0.25) is 5.91 Å². The van der Waals surface area contributed by atoms with E-state index in [1.165, 1.54) is 24.1 Å². The lowest BCUT2D eigenvalue weighted by atomic mass is 9.84. The minimum absolute atomic E-state index is 0.0737. The Kier molecular flexibility index (Phi) is 5.08. The molecule has 6 nitrogen and oxygen atoms in total. The zero-order chi connectivity index (χ0) is 17.1. The number of ether oxygens (including phenoxy) is 2. The highest BCUT2D eigenvalue weighted by Gasteiger charge is 2.39. The van der Waals surface area contributed by atoms with Crippen LogP contribution < -0.4 is 5.32 Å². The van der Waals surface area contributed by atoms with Crippen LogP contribution in [0.5, 0.6) is 0 Å². The molecule has 0 bridgehead atoms. The number of aromatic amines is 1. The molecule has 1 amide bonds. The van der Waals surface area contributed by atoms with Gasteiger partial charge in [0.15, 0.2) is 0 Å². The van der Waals surface area contributed by atoms with Crippen LogP contribution in [0.25, 0.3) is 0 Å². The van der Waals surface area contributed by atoms with Gasteiger partial charge in [-0.2, -0.15) is 5.10 Å². The maximum atomic E-state index is 12.4. The second-order valence-corrected chi connectivity index (χ2v) is 7.74. The van der Waals surface area contributed by atoms with E-state index < -0.39 is 0 Å². The summed E-state index contributed by atoms with van der Waals surface area (Å²) in [5, 5.41) is 10.8. The zero-order valence-corrected chi connectivity index (χ0v) is 14.9. The summed E-state index contributed by atoms with van der Waals surface area (Å²) in [6, 6.07) is 0.229. The van der Waals surface area contributed by atoms with Crippen molar-refractivity contribution in [2.45, 2.75) is 75.9 Å². The molecule has 1 aliphatic carbocycles. The maximum absolute atomic E-state index is 12.4. The van der Waals surface area contributed by atoms with Crippen LogP contribution in [0.1, 0.15) is 61.9 Å². The van der Waals surface area contributed by atoms with Crippen LogP contribution >= 0.6 is 0 Å². The van der Waals surface area contributed by atoms with E-state index >= 15 is 0 Å². The lowest BCUT2D eigenvalue weighted by Crippen LogP contribution is -2.51. The summed E-state index contributed by atoms with van der Waals surface area (Å²) in [6.07, 6.45) is 9.65. The SMILES string of the molecule is O=C(CCc1n[nH]c2c1CCCC2)N[C@@H]1CCOC2(CCOCC2)C1. The Hall–Kier alpha value is -1.40. The molecule has 138 valence electrons. The predicted octanol–water partition coefficient (Wildman–Crippen LogP) is 2.07. The van der Waals surface area contributed by atoms with Crippen molar-refractivity contribution in [1.29, 1.82) is 0 Å². The van der Waals surface area contributed by atoms with E-state index in [1.54, 1.807) is 0 Å². The summed E-state index contributed by atoms with van der Waals surface area (Å²) in [4.78, 5) is 12.4. The molecule has 2 aliphatic heterocycles. The van der Waals surface area contributed by atoms with Gasteiger partial charge in [0.25, 0.3) is 0 Å². The first kappa shape index (κ1) is 17.0. The number of amides is 1. The third-order valence-electron chi connectivity index (χ3n) is 5.99. The Morgan fingerprint density at radius 3 is 2.96 bits per heavy atom. The van der Waals surface area contributed by atoms with E-state index in [2.05, 4.69) is 15.5 Å². The number of hydrogen-bond acceptors (Lipinski definition) is 4. The van der Waals surface area contributed by atoms with Gasteiger partial charge >= 0.3 is 0 Å². The van der Waals surface area contributed by atoms with E-state index in [1.807, 2.05) is 0 Å². The van der Waals surface area contributed by atoms with E-state index in [-0.39, 0.29) is 17.6 Å². The molecule has 2 N–H and O–H groups in total. The zero-order valence-electron chi connectivity index (χ0n) is 14.9. The summed E-state index contributed by atoms with van der Waals surface area (Å²) in [7, 11) is 0. The highest BCUT2D eigenvalue weighted by atomic mass is 16.5. The van der Waals surface area contributed by atoms with Crippen molar-refractivity contribution in [3.05, 3.63) is 17.0 Å². The standard InChI is InChI=1S/C19H29N3O3/c23-18(6-5-17-15-3-1-2-4-16(15)21-22-17)20-14-7-10-25-19(13-14)8-11-24-12-9-19/h14H,1-13H2,(H,20,23)(H,21,22)/t14-/m1/s1. The van der Waals surface area contributed by atoms with E-state index in [4.69, 9.17) is 9.47 Å². The van der Waals surface area contributed by atoms with Crippen molar-refractivity contribution in [2.75, 3.05) is 19.8 Å². The van der Waals surface area contributed by atoms with Crippen LogP contribution in [0.3, 0.4) is 0 Å². The number of fused-ring (bicyclic) bond motifs is 1. The van der Waals surface area contributed by atoms with Crippen molar-refractivity contribution >= 4 is 5.91 Å². The van der Waals surface area contributed by atoms with Crippen LogP contribution in [0.4, 0.5) is 0 Å². The van der Waals surface area contributed by atoms with Crippen molar-refractivity contribution in [3.63, 3.8) is 0 Å². The third-order valence-corrected chi connectivity index (χ3v) is 5.99. The average Bonchev–Trinajstić information content (AvgIpc) is 3.04. The van der Waals surface area contributed by atoms with E-state index in [9.17, 15) is 4.79 Å². The average molecular weight is 347 g/mol. The fraction of sp³-hybridized carbons (Fsp3) is 0.789. The summed E-state index contributed by atoms with van der Waals surface area (Å²) < 4.78 is 11.5. The molecule has 6 heteroatoms. The molecule has 1 aromatic rings. The monoisotopic (exact) mass is 347 g/mol. The lowest BCUT2D eigenvalue weighted by molar-refractivity contribution is -0.144. The molecule has 4 rings (SSSR count). The van der Waals surface area contributed by atoms with Crippen molar-refractivity contribution in [2.24, 2.45) is 0 Å². The summed E-state index contributed by atoms with van der Waals surface area (Å²) in [5.74, 6) is 0.140. The topological polar surface area (TPSA) is 76.2 Å². The van der Waals surface area contributed by atoms with Crippen molar-refractivity contribution in [1.82, 2.24) is 15.5 Å². The summed E-state index contributed by atoms with van der Waals surface area (Å²) >= 11 is 0. The Morgan fingerprint density at radius 2 is 2.08 bits per heavy atom. The minimum Gasteiger partial charge on any atom is -0.381 e. The number of carbonyl (C=O) groups excluding carboxylic acids is 1. The second kappa shape index (κ2) is 7.46. The molecule has 3 heterocycles. The molecule has 0 aromatic carbocycles. The number of nitrogens with one attached hydrogen (secondary N) is 2. The molecule has 1 aromatic heterocycles. The quantitative estimate of drug-likeness (QED) is 0.874. The molecular formula is C19H29N3O3. The van der Waals surface area contributed by atoms with Crippen LogP contribution in [0.2, 0.25) is 0 Å². The fourth-order valence-electron chi connectivity index (χ4n) is 4.53. The molecule has 0 radical (unpaired) electrons. The lowest BCUT2D eigenvalue weighted by Gasteiger charge is -2.43. The molecule has 1 atom stereocenters. The van der Waals surface area contributed by atoms with Crippen LogP contribution in [0, 0.1) is 0 Å². The van der Waals surface area contributed by atoms with Crippen molar-refractivity contribution < 1.29 is 14.3 Å². The third kappa shape index (κ3) is 3.90. The van der Waals surface area contributed by atoms with Gasteiger partial charge in [-0.3, -0.25) is 9.89 Å². The van der Waals surface area contributed by atoms with Gasteiger partial charge in [-0.1, -0.05) is 0 Å². The first-order valence-electron chi connectivity index (χ1n) is 9.80. The van der Waals surface area contributed by atoms with Crippen molar-refractivity contribution in [3.8, 4) is 0 Å². The van der Waals surface area contributed by atoms with Gasteiger partial charge in [-0.15, -0.1) is 0 Å². The molecule has 25 heavy (non-hydrogen) atoms. The maximum Gasteiger partial charge on any atom is 0.220 e. The number of aryl methyl sites for hydroxylation is 2. The van der Waals surface area contributed by atoms with Gasteiger partial charge < -0.3 is 14.8 Å². The van der Waals surface area contributed by atoms with Gasteiger partial charge in [0.05, 0.1) is 11.3 Å². The minimum atomic E-state index is -0.0737. The number of hydrogen-bond donors (Lipinski definition) is 2. The second-order valence-electron chi connectivity index (χ2n) is 7.74. The molecule has 3 aliphatic rings. The Morgan fingerprint density at radius 1 is 1.24 bits per heavy atom. The Bertz CT molecular complexity index is 602. The molecule has 0 saturated carbocycles. The number of carbonyl (C=O) groups is 1. The first-order valence-corrected chi connectivity index (χ1v) is 9.80. The van der Waals surface area contributed by atoms with Crippen LogP contribution in [-0.4, -0.2) is 47.6 Å². The van der Waals surface area contributed by atoms with Gasteiger partial charge in [-0.25, -0.2) is 0 Å². The largest absolute Gasteiger partial charge is 0.381 e. The molecule has 0 unspecified atom stereocenters. The number of aromatic nitrogens is 2. The molecule has 1 spiro atoms. The normalized spacial score (nSPS) is 25.5. The van der Waals surface area contributed by atoms with Gasteiger partial charge in [0.1, 0.15) is 0 Å². The van der Waals surface area contributed by atoms with Crippen LogP contribution in [-0.2, 0) is 33.5 Å². The Labute approximate surface area is 149 Å². The Balaban J connectivity index is 1.28. The summed E-state index contributed by atoms with van der Waals surface area (Å²) in [5.41, 5.74) is 3.67. The first-order chi connectivity index (χ1) is 12.2. The highest BCUT2D eigenvalue weighted by molar-refractivity contribution is 5.76. The van der Waals surface area contributed by atoms with E-state index in [0.717, 1.165) is 70.5 Å². The molecule has 2 saturated heterocycles. The fourth-order valence-corrected chi connectivity index (χ4v) is 4.53. The van der Waals surface area contributed by atoms with E-state index in [0.29, 0.717) is 6.42 Å². The highest BCUT2D eigenvalue weighted by Crippen LogP contribution is 2.34. The number of rotatable bonds is 4. The van der Waals surface area contributed by atoms with Gasteiger partial charge in [0, 0.05) is 44.4 Å². The molecular weight excluding hydrogens is 318 g/mol. The number of nitrogens with zero attached hydrogens (tertiary/aromatic N) is 1. The van der Waals surface area contributed by atoms with Crippen LogP contribution in [0.15, 0.2) is 0 Å². The van der Waals surface area contributed by atoms with Gasteiger partial charge in [-0.05, 0) is 56.9 Å². The number of H-pyrrole nitrogens is 1.